The van der Waals surface area contributed by atoms with E-state index in [9.17, 15) is 22.0 Å². The number of hydrogen-bond acceptors (Lipinski definition) is 2. The second kappa shape index (κ2) is 8.41. The first-order chi connectivity index (χ1) is 14.8. The van der Waals surface area contributed by atoms with Gasteiger partial charge < -0.3 is 0 Å². The molecule has 1 aromatic heterocycles. The minimum atomic E-state index is -4.87. The van der Waals surface area contributed by atoms with E-state index in [4.69, 9.17) is 0 Å². The van der Waals surface area contributed by atoms with Crippen LogP contribution in [-0.4, -0.2) is 17.2 Å². The number of aromatic nitrogens is 1. The average molecular weight is 428 g/mol. The van der Waals surface area contributed by atoms with Gasteiger partial charge in [0.25, 0.3) is 0 Å². The Hall–Kier alpha value is -3.35. The summed E-state index contributed by atoms with van der Waals surface area (Å²) in [5, 5.41) is 0. The van der Waals surface area contributed by atoms with Crippen LogP contribution < -0.4 is 0 Å². The largest absolute Gasteiger partial charge is 0.419 e. The smallest absolute Gasteiger partial charge is 0.284 e. The zero-order valence-electron chi connectivity index (χ0n) is 16.3. The van der Waals surface area contributed by atoms with Crippen LogP contribution in [0.4, 0.5) is 22.0 Å². The first-order valence-corrected chi connectivity index (χ1v) is 9.66. The number of nitrogens with zero attached hydrogens (tertiary/aromatic N) is 2. The molecule has 0 bridgehead atoms. The molecule has 3 aromatic rings. The molecule has 0 radical (unpaired) electrons. The molecule has 1 aliphatic heterocycles. The minimum Gasteiger partial charge on any atom is -0.284 e. The molecule has 7 heteroatoms. The van der Waals surface area contributed by atoms with E-state index >= 15 is 0 Å². The van der Waals surface area contributed by atoms with Gasteiger partial charge in [-0.2, -0.15) is 13.2 Å². The van der Waals surface area contributed by atoms with Gasteiger partial charge in [-0.15, -0.1) is 0 Å². The highest BCUT2D eigenvalue weighted by Crippen LogP contribution is 2.36. The maximum Gasteiger partial charge on any atom is 0.419 e. The molecule has 31 heavy (non-hydrogen) atoms. The number of halogens is 5. The van der Waals surface area contributed by atoms with Crippen LogP contribution in [0.1, 0.15) is 29.5 Å². The maximum absolute atomic E-state index is 14.6. The summed E-state index contributed by atoms with van der Waals surface area (Å²) in [5.41, 5.74) is 0.982. The van der Waals surface area contributed by atoms with E-state index in [-0.39, 0.29) is 5.56 Å². The molecule has 0 unspecified atom stereocenters. The van der Waals surface area contributed by atoms with Gasteiger partial charge in [0.05, 0.1) is 11.3 Å². The number of rotatable bonds is 3. The molecule has 0 amide bonds. The molecule has 0 aliphatic carbocycles. The van der Waals surface area contributed by atoms with Crippen molar-refractivity contribution in [2.45, 2.75) is 19.0 Å². The third-order valence-corrected chi connectivity index (χ3v) is 5.04. The van der Waals surface area contributed by atoms with Crippen LogP contribution in [0, 0.1) is 11.6 Å². The topological polar surface area (TPSA) is 25.2 Å². The third-order valence-electron chi connectivity index (χ3n) is 5.04. The van der Waals surface area contributed by atoms with Crippen molar-refractivity contribution in [3.8, 4) is 11.1 Å². The number of benzene rings is 2. The van der Waals surface area contributed by atoms with Gasteiger partial charge in [-0.25, -0.2) is 8.78 Å². The molecule has 0 N–H and O–H groups in total. The molecule has 2 aromatic carbocycles. The van der Waals surface area contributed by atoms with Crippen LogP contribution in [0.25, 0.3) is 17.2 Å². The van der Waals surface area contributed by atoms with Crippen molar-refractivity contribution in [3.05, 3.63) is 94.8 Å². The lowest BCUT2D eigenvalue weighted by Crippen LogP contribution is -2.12. The van der Waals surface area contributed by atoms with E-state index in [2.05, 4.69) is 9.98 Å². The van der Waals surface area contributed by atoms with Crippen molar-refractivity contribution in [3.63, 3.8) is 0 Å². The summed E-state index contributed by atoms with van der Waals surface area (Å²) in [5.74, 6) is -2.29. The molecule has 0 saturated heterocycles. The number of alkyl halides is 3. The number of aliphatic imine (C=N–C) groups is 1. The van der Waals surface area contributed by atoms with Crippen molar-refractivity contribution in [1.82, 2.24) is 4.98 Å². The molecule has 2 nitrogen and oxygen atoms in total. The van der Waals surface area contributed by atoms with Crippen molar-refractivity contribution in [2.24, 2.45) is 4.99 Å². The fourth-order valence-corrected chi connectivity index (χ4v) is 3.60. The zero-order valence-corrected chi connectivity index (χ0v) is 16.3. The van der Waals surface area contributed by atoms with Crippen LogP contribution in [0.2, 0.25) is 0 Å². The average Bonchev–Trinajstić information content (AvgIpc) is 2.76. The van der Waals surface area contributed by atoms with Crippen LogP contribution in [0.5, 0.6) is 0 Å². The highest BCUT2D eigenvalue weighted by molar-refractivity contribution is 6.15. The van der Waals surface area contributed by atoms with E-state index in [0.717, 1.165) is 47.9 Å². The van der Waals surface area contributed by atoms with Crippen molar-refractivity contribution >= 4 is 11.8 Å². The Morgan fingerprint density at radius 3 is 2.52 bits per heavy atom. The van der Waals surface area contributed by atoms with Gasteiger partial charge in [-0.1, -0.05) is 18.2 Å². The predicted octanol–water partition coefficient (Wildman–Crippen LogP) is 6.71. The first-order valence-electron chi connectivity index (χ1n) is 9.66. The summed E-state index contributed by atoms with van der Waals surface area (Å²) in [4.78, 5) is 8.69. The van der Waals surface area contributed by atoms with Crippen LogP contribution in [0.15, 0.2) is 71.5 Å². The van der Waals surface area contributed by atoms with E-state index in [0.29, 0.717) is 18.2 Å². The molecule has 0 saturated carbocycles. The third kappa shape index (κ3) is 4.40. The van der Waals surface area contributed by atoms with Gasteiger partial charge in [-0.05, 0) is 60.4 Å². The van der Waals surface area contributed by atoms with E-state index in [1.54, 1.807) is 24.5 Å². The standard InChI is InChI=1S/C24H17F5N2/c25-21-9-8-15(12-16-4-3-11-31-23(16)17-5-2-10-30-14-17)13-19(21)18-6-1-7-20(22(18)26)24(27,28)29/h1-2,5-10,12-14H,3-4,11H2/b16-12+. The normalized spacial score (nSPS) is 15.8. The van der Waals surface area contributed by atoms with Crippen molar-refractivity contribution in [2.75, 3.05) is 6.54 Å². The zero-order chi connectivity index (χ0) is 22.0. The molecule has 158 valence electrons. The van der Waals surface area contributed by atoms with Crippen LogP contribution in [0.3, 0.4) is 0 Å². The van der Waals surface area contributed by atoms with Gasteiger partial charge in [0.2, 0.25) is 0 Å². The van der Waals surface area contributed by atoms with Gasteiger partial charge in [0.15, 0.2) is 0 Å². The summed E-state index contributed by atoms with van der Waals surface area (Å²) < 4.78 is 68.3. The molecule has 2 heterocycles. The van der Waals surface area contributed by atoms with Gasteiger partial charge in [0, 0.05) is 35.6 Å². The van der Waals surface area contributed by atoms with Crippen LogP contribution in [-0.2, 0) is 6.18 Å². The number of allylic oxidation sites excluding steroid dienone is 1. The van der Waals surface area contributed by atoms with E-state index in [1.807, 2.05) is 6.07 Å². The highest BCUT2D eigenvalue weighted by atomic mass is 19.4. The van der Waals surface area contributed by atoms with Crippen molar-refractivity contribution < 1.29 is 22.0 Å². The molecular weight excluding hydrogens is 411 g/mol. The Labute approximate surface area is 175 Å². The fraction of sp³-hybridized carbons (Fsp3) is 0.167. The maximum atomic E-state index is 14.6. The van der Waals surface area contributed by atoms with Crippen LogP contribution >= 0.6 is 0 Å². The Morgan fingerprint density at radius 2 is 1.77 bits per heavy atom. The predicted molar refractivity (Wildman–Crippen MR) is 110 cm³/mol. The number of pyridine rings is 1. The molecule has 4 rings (SSSR count). The minimum absolute atomic E-state index is 0.228. The van der Waals surface area contributed by atoms with Gasteiger partial charge in [-0.3, -0.25) is 9.98 Å². The molecule has 0 fully saturated rings. The first kappa shape index (κ1) is 20.9. The summed E-state index contributed by atoms with van der Waals surface area (Å²) in [6.45, 7) is 0.672. The lowest BCUT2D eigenvalue weighted by molar-refractivity contribution is -0.139. The summed E-state index contributed by atoms with van der Waals surface area (Å²) in [6.07, 6.45) is 1.87. The van der Waals surface area contributed by atoms with E-state index < -0.39 is 28.9 Å². The second-order valence-corrected chi connectivity index (χ2v) is 7.15. The lowest BCUT2D eigenvalue weighted by atomic mass is 9.93. The SMILES string of the molecule is Fc1ccc(/C=C2\CCCN=C2c2cccnc2)cc1-c1cccc(C(F)(F)F)c1F. The monoisotopic (exact) mass is 428 g/mol. The Morgan fingerprint density at radius 1 is 0.935 bits per heavy atom. The summed E-state index contributed by atoms with van der Waals surface area (Å²) in [6, 6.07) is 10.5. The molecule has 0 atom stereocenters. The van der Waals surface area contributed by atoms with Gasteiger partial charge in [0.1, 0.15) is 11.6 Å². The summed E-state index contributed by atoms with van der Waals surface area (Å²) in [7, 11) is 0. The molecular formula is C24H17F5N2. The molecule has 0 spiro atoms. The quantitative estimate of drug-likeness (QED) is 0.426. The Balaban J connectivity index is 1.77. The fourth-order valence-electron chi connectivity index (χ4n) is 3.60. The highest BCUT2D eigenvalue weighted by Gasteiger charge is 2.35. The summed E-state index contributed by atoms with van der Waals surface area (Å²) >= 11 is 0. The molecule has 1 aliphatic rings. The second-order valence-electron chi connectivity index (χ2n) is 7.15. The van der Waals surface area contributed by atoms with E-state index in [1.165, 1.54) is 12.1 Å². The Bertz CT molecular complexity index is 1160. The van der Waals surface area contributed by atoms with Crippen molar-refractivity contribution in [1.29, 1.82) is 0 Å². The number of hydrogen-bond donors (Lipinski definition) is 0. The van der Waals surface area contributed by atoms with Gasteiger partial charge >= 0.3 is 6.18 Å². The lowest BCUT2D eigenvalue weighted by Gasteiger charge is -2.17. The Kier molecular flexibility index (Phi) is 5.67.